The van der Waals surface area contributed by atoms with Crippen molar-refractivity contribution in [1.82, 2.24) is 4.98 Å². The number of nitrogens with one attached hydrogen (secondary N) is 1. The maximum absolute atomic E-state index is 11.2. The van der Waals surface area contributed by atoms with Crippen molar-refractivity contribution in [2.75, 3.05) is 5.75 Å². The van der Waals surface area contributed by atoms with Crippen LogP contribution in [0.25, 0.3) is 10.9 Å². The van der Waals surface area contributed by atoms with Gasteiger partial charge >= 0.3 is 10.3 Å². The van der Waals surface area contributed by atoms with Crippen molar-refractivity contribution in [3.8, 4) is 0 Å². The van der Waals surface area contributed by atoms with Crippen LogP contribution in [0.15, 0.2) is 34.9 Å². The molecule has 1 aliphatic heterocycles. The molecule has 0 bridgehead atoms. The standard InChI is InChI=1S/C16H20N2O8S2/c19-13-11(26-16(22)15(21)14(13)20)7-27-12(18-28(23,24)25)5-8-6-17-10-4-2-1-3-9(8)10/h1-4,6,11,13-17,19-22H,5,7H2,(H,23,24,25). The van der Waals surface area contributed by atoms with Crippen molar-refractivity contribution in [3.63, 3.8) is 0 Å². The van der Waals surface area contributed by atoms with Crippen LogP contribution in [0.5, 0.6) is 0 Å². The summed E-state index contributed by atoms with van der Waals surface area (Å²) >= 11 is 0.879. The minimum Gasteiger partial charge on any atom is -0.388 e. The summed E-state index contributed by atoms with van der Waals surface area (Å²) in [7, 11) is -4.66. The van der Waals surface area contributed by atoms with Gasteiger partial charge < -0.3 is 30.1 Å². The van der Waals surface area contributed by atoms with Crippen LogP contribution in [0.2, 0.25) is 0 Å². The molecule has 6 N–H and O–H groups in total. The average Bonchev–Trinajstić information content (AvgIpc) is 3.03. The average molecular weight is 432 g/mol. The topological polar surface area (TPSA) is 173 Å². The minimum absolute atomic E-state index is 0.0261. The Morgan fingerprint density at radius 1 is 1.14 bits per heavy atom. The molecular weight excluding hydrogens is 412 g/mol. The third-order valence-corrected chi connectivity index (χ3v) is 5.97. The molecule has 0 aliphatic carbocycles. The van der Waals surface area contributed by atoms with Gasteiger partial charge in [0.1, 0.15) is 18.3 Å². The van der Waals surface area contributed by atoms with Crippen LogP contribution in [0, 0.1) is 0 Å². The zero-order valence-electron chi connectivity index (χ0n) is 14.4. The lowest BCUT2D eigenvalue weighted by Gasteiger charge is -2.38. The number of aliphatic hydroxyl groups is 4. The van der Waals surface area contributed by atoms with Crippen molar-refractivity contribution in [3.05, 3.63) is 36.0 Å². The van der Waals surface area contributed by atoms with Crippen LogP contribution in [-0.4, -0.2) is 79.9 Å². The first kappa shape index (κ1) is 21.2. The van der Waals surface area contributed by atoms with Crippen LogP contribution < -0.4 is 0 Å². The molecular formula is C16H20N2O8S2. The molecule has 1 aliphatic rings. The summed E-state index contributed by atoms with van der Waals surface area (Å²) in [5.74, 6) is -0.0846. The summed E-state index contributed by atoms with van der Waals surface area (Å²) in [5.41, 5.74) is 1.59. The molecule has 5 atom stereocenters. The van der Waals surface area contributed by atoms with Gasteiger partial charge in [-0.3, -0.25) is 4.55 Å². The molecule has 0 saturated carbocycles. The smallest absolute Gasteiger partial charge is 0.379 e. The molecule has 12 heteroatoms. The fourth-order valence-electron chi connectivity index (χ4n) is 2.93. The van der Waals surface area contributed by atoms with Crippen LogP contribution in [0.1, 0.15) is 5.56 Å². The highest BCUT2D eigenvalue weighted by molar-refractivity contribution is 8.14. The number of hydrogen-bond acceptors (Lipinski definition) is 8. The third-order valence-electron chi connectivity index (χ3n) is 4.34. The largest absolute Gasteiger partial charge is 0.388 e. The van der Waals surface area contributed by atoms with Gasteiger partial charge in [0.2, 0.25) is 0 Å². The molecule has 3 rings (SSSR count). The van der Waals surface area contributed by atoms with E-state index in [9.17, 15) is 28.8 Å². The van der Waals surface area contributed by atoms with E-state index in [0.717, 1.165) is 28.2 Å². The second kappa shape index (κ2) is 8.47. The fraction of sp³-hybridized carbons (Fsp3) is 0.438. The normalized spacial score (nSPS) is 29.3. The van der Waals surface area contributed by atoms with Crippen LogP contribution in [0.3, 0.4) is 0 Å². The van der Waals surface area contributed by atoms with Crippen molar-refractivity contribution in [2.24, 2.45) is 4.40 Å². The monoisotopic (exact) mass is 432 g/mol. The number of para-hydroxylation sites is 1. The Bertz CT molecular complexity index is 960. The van der Waals surface area contributed by atoms with E-state index in [4.69, 9.17) is 9.29 Å². The molecule has 0 spiro atoms. The van der Waals surface area contributed by atoms with E-state index < -0.39 is 41.0 Å². The highest BCUT2D eigenvalue weighted by Gasteiger charge is 2.42. The first-order valence-electron chi connectivity index (χ1n) is 8.27. The molecule has 10 nitrogen and oxygen atoms in total. The SMILES string of the molecule is O=S(=O)(O)N=C(Cc1c[nH]c2ccccc12)SCC1OC(O)C(O)C(O)C1O. The summed E-state index contributed by atoms with van der Waals surface area (Å²) < 4.78 is 40.0. The maximum atomic E-state index is 11.2. The minimum atomic E-state index is -4.66. The summed E-state index contributed by atoms with van der Waals surface area (Å²) in [6.45, 7) is 0. The Labute approximate surface area is 164 Å². The van der Waals surface area contributed by atoms with Gasteiger partial charge in [0.15, 0.2) is 6.29 Å². The third kappa shape index (κ3) is 4.90. The van der Waals surface area contributed by atoms with Gasteiger partial charge in [-0.1, -0.05) is 18.2 Å². The number of aliphatic hydroxyl groups excluding tert-OH is 4. The number of benzene rings is 1. The Morgan fingerprint density at radius 2 is 1.86 bits per heavy atom. The quantitative estimate of drug-likeness (QED) is 0.206. The van der Waals surface area contributed by atoms with Gasteiger partial charge in [-0.15, -0.1) is 16.2 Å². The van der Waals surface area contributed by atoms with E-state index in [1.54, 1.807) is 6.20 Å². The lowest BCUT2D eigenvalue weighted by molar-refractivity contribution is -0.276. The summed E-state index contributed by atoms with van der Waals surface area (Å²) in [6, 6.07) is 7.37. The van der Waals surface area contributed by atoms with Gasteiger partial charge in [-0.05, 0) is 11.6 Å². The molecule has 154 valence electrons. The van der Waals surface area contributed by atoms with Crippen molar-refractivity contribution >= 4 is 38.0 Å². The molecule has 0 radical (unpaired) electrons. The van der Waals surface area contributed by atoms with Gasteiger partial charge in [-0.2, -0.15) is 8.42 Å². The zero-order chi connectivity index (χ0) is 20.5. The van der Waals surface area contributed by atoms with Crippen LogP contribution >= 0.6 is 11.8 Å². The molecule has 2 aromatic rings. The predicted octanol–water partition coefficient (Wildman–Crippen LogP) is -0.555. The number of thioether (sulfide) groups is 1. The molecule has 28 heavy (non-hydrogen) atoms. The van der Waals surface area contributed by atoms with Crippen LogP contribution in [0.4, 0.5) is 0 Å². The Kier molecular flexibility index (Phi) is 6.41. The van der Waals surface area contributed by atoms with Crippen molar-refractivity contribution in [1.29, 1.82) is 0 Å². The summed E-state index contributed by atoms with van der Waals surface area (Å²) in [6.07, 6.45) is -5.79. The predicted molar refractivity (Wildman–Crippen MR) is 102 cm³/mol. The summed E-state index contributed by atoms with van der Waals surface area (Å²) in [4.78, 5) is 3.05. The molecule has 0 amide bonds. The van der Waals surface area contributed by atoms with Gasteiger partial charge in [-0.25, -0.2) is 0 Å². The fourth-order valence-corrected chi connectivity index (χ4v) is 4.63. The van der Waals surface area contributed by atoms with Crippen molar-refractivity contribution < 1.29 is 38.1 Å². The lowest BCUT2D eigenvalue weighted by Crippen LogP contribution is -2.58. The number of H-pyrrole nitrogens is 1. The maximum Gasteiger partial charge on any atom is 0.379 e. The molecule has 1 aromatic carbocycles. The van der Waals surface area contributed by atoms with Crippen molar-refractivity contribution in [2.45, 2.75) is 37.1 Å². The number of rotatable bonds is 5. The molecule has 1 aromatic heterocycles. The number of aromatic amines is 1. The number of nitrogens with zero attached hydrogens (tertiary/aromatic N) is 1. The van der Waals surface area contributed by atoms with Gasteiger partial charge in [0, 0.05) is 29.3 Å². The Hall–Kier alpha value is -1.51. The van der Waals surface area contributed by atoms with E-state index in [2.05, 4.69) is 9.38 Å². The number of hydrogen-bond donors (Lipinski definition) is 6. The van der Waals surface area contributed by atoms with Gasteiger partial charge in [0.25, 0.3) is 0 Å². The number of fused-ring (bicyclic) bond motifs is 1. The lowest BCUT2D eigenvalue weighted by atomic mass is 10.0. The van der Waals surface area contributed by atoms with Gasteiger partial charge in [0.05, 0.1) is 11.1 Å². The highest BCUT2D eigenvalue weighted by atomic mass is 32.2. The highest BCUT2D eigenvalue weighted by Crippen LogP contribution is 2.26. The first-order chi connectivity index (χ1) is 13.2. The van der Waals surface area contributed by atoms with Crippen LogP contribution in [-0.2, 0) is 21.5 Å². The van der Waals surface area contributed by atoms with E-state index in [0.29, 0.717) is 0 Å². The number of aromatic nitrogens is 1. The number of ether oxygens (including phenoxy) is 1. The molecule has 1 fully saturated rings. The van der Waals surface area contributed by atoms with E-state index in [-0.39, 0.29) is 17.2 Å². The van der Waals surface area contributed by atoms with E-state index in [1.165, 1.54) is 0 Å². The summed E-state index contributed by atoms with van der Waals surface area (Å²) in [5, 5.41) is 39.7. The second-order valence-electron chi connectivity index (χ2n) is 6.32. The molecule has 1 saturated heterocycles. The second-order valence-corrected chi connectivity index (χ2v) is 8.49. The van der Waals surface area contributed by atoms with E-state index in [1.807, 2.05) is 24.3 Å². The Morgan fingerprint density at radius 3 is 2.57 bits per heavy atom. The first-order valence-corrected chi connectivity index (χ1v) is 10.7. The zero-order valence-corrected chi connectivity index (χ0v) is 16.0. The molecule has 2 heterocycles. The molecule has 5 unspecified atom stereocenters. The van der Waals surface area contributed by atoms with E-state index >= 15 is 0 Å². The Balaban J connectivity index is 1.77.